The van der Waals surface area contributed by atoms with Gasteiger partial charge in [0.1, 0.15) is 12.2 Å². The number of nitrogens with zero attached hydrogens (tertiary/aromatic N) is 2. The number of H-pyrrole nitrogens is 1. The van der Waals surface area contributed by atoms with E-state index in [2.05, 4.69) is 27.4 Å². The first kappa shape index (κ1) is 13.0. The molecule has 0 aromatic carbocycles. The van der Waals surface area contributed by atoms with Crippen molar-refractivity contribution in [2.45, 2.75) is 39.2 Å². The molecule has 0 radical (unpaired) electrons. The Balaban J connectivity index is 1.93. The number of nitrogens with two attached hydrogens (primary N) is 1. The van der Waals surface area contributed by atoms with Crippen molar-refractivity contribution in [1.82, 2.24) is 20.5 Å². The van der Waals surface area contributed by atoms with Gasteiger partial charge in [-0.2, -0.15) is 5.10 Å². The molecule has 0 aliphatic heterocycles. The SMILES string of the molecule is CC1CCC(CN)(C(=O)NCc2ncn[nH]2)CC1. The van der Waals surface area contributed by atoms with Crippen LogP contribution >= 0.6 is 0 Å². The Morgan fingerprint density at radius 1 is 1.61 bits per heavy atom. The molecule has 1 aromatic rings. The smallest absolute Gasteiger partial charge is 0.227 e. The van der Waals surface area contributed by atoms with Crippen molar-refractivity contribution in [3.05, 3.63) is 12.2 Å². The number of aromatic amines is 1. The van der Waals surface area contributed by atoms with Gasteiger partial charge in [0.15, 0.2) is 0 Å². The summed E-state index contributed by atoms with van der Waals surface area (Å²) in [5.74, 6) is 1.42. The topological polar surface area (TPSA) is 96.7 Å². The first-order chi connectivity index (χ1) is 8.66. The van der Waals surface area contributed by atoms with Crippen molar-refractivity contribution >= 4 is 5.91 Å². The fourth-order valence-electron chi connectivity index (χ4n) is 2.51. The molecule has 2 rings (SSSR count). The predicted molar refractivity (Wildman–Crippen MR) is 67.3 cm³/mol. The van der Waals surface area contributed by atoms with Gasteiger partial charge in [0.25, 0.3) is 0 Å². The van der Waals surface area contributed by atoms with Gasteiger partial charge >= 0.3 is 0 Å². The predicted octanol–water partition coefficient (Wildman–Crippen LogP) is 0.576. The Hall–Kier alpha value is -1.43. The number of carbonyl (C=O) groups excluding carboxylic acids is 1. The average molecular weight is 251 g/mol. The van der Waals surface area contributed by atoms with Gasteiger partial charge in [-0.3, -0.25) is 9.89 Å². The third-order valence-electron chi connectivity index (χ3n) is 3.99. The fraction of sp³-hybridized carbons (Fsp3) is 0.750. The van der Waals surface area contributed by atoms with Gasteiger partial charge in [0.05, 0.1) is 12.0 Å². The molecular formula is C12H21N5O. The van der Waals surface area contributed by atoms with E-state index in [1.54, 1.807) is 0 Å². The highest BCUT2D eigenvalue weighted by Gasteiger charge is 2.39. The number of rotatable bonds is 4. The first-order valence-electron chi connectivity index (χ1n) is 6.49. The van der Waals surface area contributed by atoms with Crippen LogP contribution in [0.3, 0.4) is 0 Å². The molecule has 1 aromatic heterocycles. The Morgan fingerprint density at radius 2 is 2.33 bits per heavy atom. The highest BCUT2D eigenvalue weighted by atomic mass is 16.2. The molecule has 0 bridgehead atoms. The van der Waals surface area contributed by atoms with Gasteiger partial charge in [0, 0.05) is 6.54 Å². The Morgan fingerprint density at radius 3 is 2.89 bits per heavy atom. The maximum absolute atomic E-state index is 12.3. The van der Waals surface area contributed by atoms with Gasteiger partial charge < -0.3 is 11.1 Å². The molecular weight excluding hydrogens is 230 g/mol. The molecule has 0 unspecified atom stereocenters. The van der Waals surface area contributed by atoms with Gasteiger partial charge in [-0.05, 0) is 31.6 Å². The van der Waals surface area contributed by atoms with Crippen LogP contribution in [0.5, 0.6) is 0 Å². The van der Waals surface area contributed by atoms with E-state index in [4.69, 9.17) is 5.73 Å². The third kappa shape index (κ3) is 2.69. The lowest BCUT2D eigenvalue weighted by atomic mass is 9.70. The standard InChI is InChI=1S/C12H21N5O/c1-9-2-4-12(7-13,5-3-9)11(18)14-6-10-15-8-16-17-10/h8-9H,2-7,13H2,1H3,(H,14,18)(H,15,16,17). The van der Waals surface area contributed by atoms with Crippen molar-refractivity contribution in [3.8, 4) is 0 Å². The maximum atomic E-state index is 12.3. The molecule has 1 aliphatic rings. The van der Waals surface area contributed by atoms with E-state index in [9.17, 15) is 4.79 Å². The summed E-state index contributed by atoms with van der Waals surface area (Å²) in [4.78, 5) is 16.3. The van der Waals surface area contributed by atoms with Crippen LogP contribution in [0.4, 0.5) is 0 Å². The highest BCUT2D eigenvalue weighted by Crippen LogP contribution is 2.38. The summed E-state index contributed by atoms with van der Waals surface area (Å²) in [5, 5.41) is 9.38. The molecule has 100 valence electrons. The van der Waals surface area contributed by atoms with Gasteiger partial charge in [-0.25, -0.2) is 4.98 Å². The molecule has 0 saturated heterocycles. The van der Waals surface area contributed by atoms with E-state index in [1.165, 1.54) is 6.33 Å². The minimum Gasteiger partial charge on any atom is -0.348 e. The molecule has 1 saturated carbocycles. The second-order valence-corrected chi connectivity index (χ2v) is 5.28. The fourth-order valence-corrected chi connectivity index (χ4v) is 2.51. The minimum absolute atomic E-state index is 0.0494. The zero-order valence-electron chi connectivity index (χ0n) is 10.8. The molecule has 1 heterocycles. The number of aromatic nitrogens is 3. The van der Waals surface area contributed by atoms with Gasteiger partial charge in [-0.15, -0.1) is 0 Å². The monoisotopic (exact) mass is 251 g/mol. The Kier molecular flexibility index (Phi) is 3.96. The quantitative estimate of drug-likeness (QED) is 0.729. The zero-order chi connectivity index (χ0) is 13.0. The number of amides is 1. The highest BCUT2D eigenvalue weighted by molar-refractivity contribution is 5.82. The van der Waals surface area contributed by atoms with Gasteiger partial charge in [0.2, 0.25) is 5.91 Å². The van der Waals surface area contributed by atoms with Crippen molar-refractivity contribution in [2.24, 2.45) is 17.1 Å². The van der Waals surface area contributed by atoms with Crippen LogP contribution in [0.2, 0.25) is 0 Å². The van der Waals surface area contributed by atoms with E-state index in [-0.39, 0.29) is 11.3 Å². The van der Waals surface area contributed by atoms with Crippen LogP contribution in [-0.4, -0.2) is 27.6 Å². The number of hydrogen-bond donors (Lipinski definition) is 3. The lowest BCUT2D eigenvalue weighted by molar-refractivity contribution is -0.133. The number of hydrogen-bond acceptors (Lipinski definition) is 4. The molecule has 4 N–H and O–H groups in total. The van der Waals surface area contributed by atoms with E-state index < -0.39 is 0 Å². The first-order valence-corrected chi connectivity index (χ1v) is 6.49. The van der Waals surface area contributed by atoms with Crippen LogP contribution in [0.25, 0.3) is 0 Å². The van der Waals surface area contributed by atoms with Gasteiger partial charge in [-0.1, -0.05) is 6.92 Å². The summed E-state index contributed by atoms with van der Waals surface area (Å²) >= 11 is 0. The Bertz CT molecular complexity index is 381. The van der Waals surface area contributed by atoms with Crippen LogP contribution in [0.1, 0.15) is 38.4 Å². The molecule has 0 spiro atoms. The Labute approximate surface area is 107 Å². The average Bonchev–Trinajstić information content (AvgIpc) is 2.90. The summed E-state index contributed by atoms with van der Waals surface area (Å²) < 4.78 is 0. The maximum Gasteiger partial charge on any atom is 0.227 e. The normalized spacial score (nSPS) is 28.0. The van der Waals surface area contributed by atoms with Crippen LogP contribution < -0.4 is 11.1 Å². The van der Waals surface area contributed by atoms with Crippen LogP contribution in [0.15, 0.2) is 6.33 Å². The lowest BCUT2D eigenvalue weighted by Crippen LogP contribution is -2.47. The van der Waals surface area contributed by atoms with E-state index in [1.807, 2.05) is 0 Å². The second kappa shape index (κ2) is 5.48. The molecule has 0 atom stereocenters. The van der Waals surface area contributed by atoms with Crippen LogP contribution in [0, 0.1) is 11.3 Å². The summed E-state index contributed by atoms with van der Waals surface area (Å²) in [6.45, 7) is 3.03. The third-order valence-corrected chi connectivity index (χ3v) is 3.99. The molecule has 18 heavy (non-hydrogen) atoms. The van der Waals surface area contributed by atoms with Crippen molar-refractivity contribution < 1.29 is 4.79 Å². The zero-order valence-corrected chi connectivity index (χ0v) is 10.8. The summed E-state index contributed by atoms with van der Waals surface area (Å²) in [6.07, 6.45) is 5.35. The number of carbonyl (C=O) groups is 1. The summed E-state index contributed by atoms with van der Waals surface area (Å²) in [7, 11) is 0. The molecule has 6 nitrogen and oxygen atoms in total. The largest absolute Gasteiger partial charge is 0.348 e. The second-order valence-electron chi connectivity index (χ2n) is 5.28. The molecule has 6 heteroatoms. The summed E-state index contributed by atoms with van der Waals surface area (Å²) in [5.41, 5.74) is 5.45. The lowest BCUT2D eigenvalue weighted by Gasteiger charge is -2.37. The molecule has 1 fully saturated rings. The minimum atomic E-state index is -0.382. The van der Waals surface area contributed by atoms with E-state index in [0.29, 0.717) is 24.8 Å². The summed E-state index contributed by atoms with van der Waals surface area (Å²) in [6, 6.07) is 0. The van der Waals surface area contributed by atoms with E-state index >= 15 is 0 Å². The number of nitrogens with one attached hydrogen (secondary N) is 2. The van der Waals surface area contributed by atoms with Crippen LogP contribution in [-0.2, 0) is 11.3 Å². The molecule has 1 aliphatic carbocycles. The van der Waals surface area contributed by atoms with Crippen molar-refractivity contribution in [1.29, 1.82) is 0 Å². The van der Waals surface area contributed by atoms with E-state index in [0.717, 1.165) is 25.7 Å². The van der Waals surface area contributed by atoms with Crippen molar-refractivity contribution in [2.75, 3.05) is 6.54 Å². The van der Waals surface area contributed by atoms with Crippen molar-refractivity contribution in [3.63, 3.8) is 0 Å². The molecule has 1 amide bonds.